The molecule has 0 bridgehead atoms. The molecule has 1 fully saturated rings. The Morgan fingerprint density at radius 2 is 2.18 bits per heavy atom. The molecule has 1 amide bonds. The number of methoxy groups -OCH3 is 1. The zero-order chi connectivity index (χ0) is 16.1. The quantitative estimate of drug-likeness (QED) is 0.747. The number of likely N-dealkylation sites (N-methyl/N-ethyl adjacent to an activating group) is 1. The summed E-state index contributed by atoms with van der Waals surface area (Å²) < 4.78 is 10.3. The summed E-state index contributed by atoms with van der Waals surface area (Å²) >= 11 is 0. The van der Waals surface area contributed by atoms with Gasteiger partial charge in [0.1, 0.15) is 12.4 Å². The van der Waals surface area contributed by atoms with E-state index in [0.29, 0.717) is 18.9 Å². The lowest BCUT2D eigenvalue weighted by molar-refractivity contribution is -0.139. The first-order valence-electron chi connectivity index (χ1n) is 7.37. The van der Waals surface area contributed by atoms with E-state index in [4.69, 9.17) is 14.3 Å². The van der Waals surface area contributed by atoms with E-state index < -0.39 is 5.97 Å². The molecule has 1 aromatic heterocycles. The van der Waals surface area contributed by atoms with E-state index in [1.807, 2.05) is 11.8 Å². The second-order valence-electron chi connectivity index (χ2n) is 5.45. The topological polar surface area (TPSA) is 92.0 Å². The molecule has 0 unspecified atom stereocenters. The highest BCUT2D eigenvalue weighted by molar-refractivity contribution is 5.91. The van der Waals surface area contributed by atoms with Crippen LogP contribution in [-0.4, -0.2) is 54.2 Å². The van der Waals surface area contributed by atoms with Crippen molar-refractivity contribution < 1.29 is 23.8 Å². The number of furan rings is 1. The number of carbonyl (C=O) groups is 2. The summed E-state index contributed by atoms with van der Waals surface area (Å²) in [5.74, 6) is -0.186. The van der Waals surface area contributed by atoms with E-state index in [1.54, 1.807) is 19.2 Å². The second-order valence-corrected chi connectivity index (χ2v) is 5.45. The normalized spacial score (nSPS) is 20.7. The van der Waals surface area contributed by atoms with Gasteiger partial charge in [-0.25, -0.2) is 0 Å². The number of nitrogens with one attached hydrogen (secondary N) is 1. The van der Waals surface area contributed by atoms with Gasteiger partial charge in [0.05, 0.1) is 6.54 Å². The standard InChI is InChI=1S/C15H22N2O5/c1-3-17(8-14(18)19)11-6-10(7-11)16-15(20)13-5-4-12(22-13)9-21-2/h4-5,10-11H,3,6-9H2,1-2H3,(H,16,20)(H,18,19). The molecule has 7 nitrogen and oxygen atoms in total. The summed E-state index contributed by atoms with van der Waals surface area (Å²) in [6.45, 7) is 3.01. The molecule has 0 saturated heterocycles. The maximum atomic E-state index is 12.0. The van der Waals surface area contributed by atoms with Crippen LogP contribution in [0.1, 0.15) is 36.1 Å². The number of rotatable bonds is 8. The molecular weight excluding hydrogens is 288 g/mol. The van der Waals surface area contributed by atoms with Crippen molar-refractivity contribution in [1.82, 2.24) is 10.2 Å². The number of aliphatic carboxylic acids is 1. The lowest BCUT2D eigenvalue weighted by atomic mass is 9.85. The van der Waals surface area contributed by atoms with Crippen LogP contribution < -0.4 is 5.32 Å². The number of carboxylic acid groups (broad SMARTS) is 1. The minimum Gasteiger partial charge on any atom is -0.480 e. The fourth-order valence-electron chi connectivity index (χ4n) is 2.65. The Morgan fingerprint density at radius 1 is 1.45 bits per heavy atom. The van der Waals surface area contributed by atoms with Gasteiger partial charge in [-0.2, -0.15) is 0 Å². The van der Waals surface area contributed by atoms with Gasteiger partial charge in [0.25, 0.3) is 5.91 Å². The van der Waals surface area contributed by atoms with Crippen molar-refractivity contribution in [3.05, 3.63) is 23.7 Å². The third-order valence-electron chi connectivity index (χ3n) is 3.88. The first-order valence-corrected chi connectivity index (χ1v) is 7.37. The highest BCUT2D eigenvalue weighted by Crippen LogP contribution is 2.26. The Morgan fingerprint density at radius 3 is 2.77 bits per heavy atom. The van der Waals surface area contributed by atoms with Gasteiger partial charge in [-0.1, -0.05) is 6.92 Å². The average Bonchev–Trinajstić information content (AvgIpc) is 2.89. The van der Waals surface area contributed by atoms with E-state index in [2.05, 4.69) is 5.32 Å². The molecule has 0 aromatic carbocycles. The number of nitrogens with zero attached hydrogens (tertiary/aromatic N) is 1. The minimum atomic E-state index is -0.824. The molecule has 0 atom stereocenters. The Hall–Kier alpha value is -1.86. The van der Waals surface area contributed by atoms with Crippen LogP contribution in [0.4, 0.5) is 0 Å². The molecule has 0 spiro atoms. The number of carboxylic acids is 1. The summed E-state index contributed by atoms with van der Waals surface area (Å²) in [6, 6.07) is 3.62. The van der Waals surface area contributed by atoms with Crippen LogP contribution in [0.15, 0.2) is 16.5 Å². The third-order valence-corrected chi connectivity index (χ3v) is 3.88. The monoisotopic (exact) mass is 310 g/mol. The molecule has 122 valence electrons. The summed E-state index contributed by atoms with van der Waals surface area (Å²) in [5, 5.41) is 11.8. The van der Waals surface area contributed by atoms with Crippen LogP contribution in [0, 0.1) is 0 Å². The van der Waals surface area contributed by atoms with Crippen LogP contribution in [0.3, 0.4) is 0 Å². The van der Waals surface area contributed by atoms with Gasteiger partial charge in [0, 0.05) is 19.2 Å². The van der Waals surface area contributed by atoms with Gasteiger partial charge in [-0.15, -0.1) is 0 Å². The highest BCUT2D eigenvalue weighted by atomic mass is 16.5. The smallest absolute Gasteiger partial charge is 0.317 e. The number of amides is 1. The Balaban J connectivity index is 1.78. The molecule has 1 saturated carbocycles. The lowest BCUT2D eigenvalue weighted by Gasteiger charge is -2.42. The first-order chi connectivity index (χ1) is 10.5. The van der Waals surface area contributed by atoms with Crippen LogP contribution in [-0.2, 0) is 16.1 Å². The van der Waals surface area contributed by atoms with Crippen molar-refractivity contribution in [2.24, 2.45) is 0 Å². The van der Waals surface area contributed by atoms with E-state index in [1.165, 1.54) is 0 Å². The van der Waals surface area contributed by atoms with Crippen LogP contribution in [0.25, 0.3) is 0 Å². The highest BCUT2D eigenvalue weighted by Gasteiger charge is 2.35. The summed E-state index contributed by atoms with van der Waals surface area (Å²) in [6.07, 6.45) is 1.52. The van der Waals surface area contributed by atoms with Gasteiger partial charge in [0.15, 0.2) is 5.76 Å². The largest absolute Gasteiger partial charge is 0.480 e. The number of hydrogen-bond acceptors (Lipinski definition) is 5. The zero-order valence-corrected chi connectivity index (χ0v) is 12.9. The number of hydrogen-bond donors (Lipinski definition) is 2. The predicted molar refractivity (Wildman–Crippen MR) is 78.6 cm³/mol. The van der Waals surface area contributed by atoms with E-state index in [9.17, 15) is 9.59 Å². The predicted octanol–water partition coefficient (Wildman–Crippen LogP) is 1.09. The van der Waals surface area contributed by atoms with E-state index >= 15 is 0 Å². The summed E-state index contributed by atoms with van der Waals surface area (Å²) in [4.78, 5) is 24.7. The molecule has 2 N–H and O–H groups in total. The zero-order valence-electron chi connectivity index (χ0n) is 12.9. The van der Waals surface area contributed by atoms with Gasteiger partial charge < -0.3 is 19.6 Å². The molecule has 1 aliphatic rings. The second kappa shape index (κ2) is 7.42. The number of ether oxygens (including phenoxy) is 1. The van der Waals surface area contributed by atoms with Crippen molar-refractivity contribution in [2.45, 2.75) is 38.5 Å². The van der Waals surface area contributed by atoms with Crippen molar-refractivity contribution in [3.8, 4) is 0 Å². The van der Waals surface area contributed by atoms with Gasteiger partial charge in [0.2, 0.25) is 0 Å². The maximum absolute atomic E-state index is 12.0. The Kier molecular flexibility index (Phi) is 5.57. The maximum Gasteiger partial charge on any atom is 0.317 e. The molecule has 22 heavy (non-hydrogen) atoms. The van der Waals surface area contributed by atoms with Crippen molar-refractivity contribution in [2.75, 3.05) is 20.2 Å². The molecule has 7 heteroatoms. The Bertz CT molecular complexity index is 522. The van der Waals surface area contributed by atoms with Crippen LogP contribution >= 0.6 is 0 Å². The fourth-order valence-corrected chi connectivity index (χ4v) is 2.65. The van der Waals surface area contributed by atoms with Gasteiger partial charge in [-0.05, 0) is 31.5 Å². The number of carbonyl (C=O) groups excluding carboxylic acids is 1. The van der Waals surface area contributed by atoms with Crippen molar-refractivity contribution in [3.63, 3.8) is 0 Å². The third kappa shape index (κ3) is 4.08. The molecule has 1 heterocycles. The SMILES string of the molecule is CCN(CC(=O)O)C1CC(NC(=O)c2ccc(COC)o2)C1. The van der Waals surface area contributed by atoms with Crippen LogP contribution in [0.5, 0.6) is 0 Å². The van der Waals surface area contributed by atoms with Crippen molar-refractivity contribution >= 4 is 11.9 Å². The molecule has 1 aliphatic carbocycles. The molecule has 2 rings (SSSR count). The van der Waals surface area contributed by atoms with E-state index in [0.717, 1.165) is 12.8 Å². The molecule has 0 radical (unpaired) electrons. The van der Waals surface area contributed by atoms with Gasteiger partial charge in [-0.3, -0.25) is 14.5 Å². The molecule has 1 aromatic rings. The van der Waals surface area contributed by atoms with E-state index in [-0.39, 0.29) is 30.3 Å². The lowest BCUT2D eigenvalue weighted by Crippen LogP contribution is -2.54. The first kappa shape index (κ1) is 16.5. The summed E-state index contributed by atoms with van der Waals surface area (Å²) in [5.41, 5.74) is 0. The van der Waals surface area contributed by atoms with Gasteiger partial charge >= 0.3 is 5.97 Å². The Labute approximate surface area is 129 Å². The van der Waals surface area contributed by atoms with Crippen LogP contribution in [0.2, 0.25) is 0 Å². The average molecular weight is 310 g/mol. The molecule has 0 aliphatic heterocycles. The summed E-state index contributed by atoms with van der Waals surface area (Å²) in [7, 11) is 1.56. The minimum absolute atomic E-state index is 0.0421. The molecular formula is C15H22N2O5. The van der Waals surface area contributed by atoms with Crippen molar-refractivity contribution in [1.29, 1.82) is 0 Å². The fraction of sp³-hybridized carbons (Fsp3) is 0.600.